The molecule has 0 bridgehead atoms. The molecule has 0 radical (unpaired) electrons. The molecule has 0 saturated carbocycles. The van der Waals surface area contributed by atoms with Crippen LogP contribution in [0.2, 0.25) is 0 Å². The van der Waals surface area contributed by atoms with E-state index in [-0.39, 0.29) is 0 Å². The molecule has 0 unspecified atom stereocenters. The summed E-state index contributed by atoms with van der Waals surface area (Å²) < 4.78 is 0. The fraction of sp³-hybridized carbons (Fsp3) is 0.500. The second-order valence-corrected chi connectivity index (χ2v) is 1.51. The van der Waals surface area contributed by atoms with Crippen LogP contribution in [-0.4, -0.2) is 18.5 Å². The molecule has 46 valence electrons. The highest BCUT2D eigenvalue weighted by molar-refractivity contribution is 4.95. The number of hydrogen-bond acceptors (Lipinski definition) is 4. The topological polar surface area (TPSA) is 53.5 Å². The first kappa shape index (κ1) is 5.40. The fourth-order valence-corrected chi connectivity index (χ4v) is 0.532. The van der Waals surface area contributed by atoms with Gasteiger partial charge in [-0.3, -0.25) is 5.32 Å². The lowest BCUT2D eigenvalue weighted by Gasteiger charge is -2.11. The van der Waals surface area contributed by atoms with Crippen LogP contribution < -0.4 is 10.6 Å². The first-order valence-electron chi connectivity index (χ1n) is 2.38. The molecule has 0 spiro atoms. The van der Waals surface area contributed by atoms with Crippen LogP contribution in [0.4, 0.5) is 0 Å². The minimum Gasteiger partial charge on any atom is -0.376 e. The van der Waals surface area contributed by atoms with Crippen LogP contribution in [0.1, 0.15) is 0 Å². The third-order valence-corrected chi connectivity index (χ3v) is 0.907. The van der Waals surface area contributed by atoms with Gasteiger partial charge in [0.25, 0.3) is 0 Å². The lowest BCUT2D eigenvalue weighted by molar-refractivity contribution is -0.205. The van der Waals surface area contributed by atoms with Crippen molar-refractivity contribution >= 4 is 0 Å². The van der Waals surface area contributed by atoms with Crippen LogP contribution in [0.25, 0.3) is 0 Å². The molecule has 0 aliphatic carbocycles. The average Bonchev–Trinajstić information content (AvgIpc) is 1.90. The molecule has 1 heterocycles. The fourth-order valence-electron chi connectivity index (χ4n) is 0.532. The zero-order chi connectivity index (χ0) is 5.82. The number of rotatable bonds is 1. The van der Waals surface area contributed by atoms with Crippen molar-refractivity contribution in [3.8, 4) is 0 Å². The highest BCUT2D eigenvalue weighted by Gasteiger charge is 2.00. The Morgan fingerprint density at radius 2 is 2.62 bits per heavy atom. The minimum atomic E-state index is 0.510. The standard InChI is InChI=1S/C4H8N2O2/c7-8-4-1-5-3-6-2-4/h1,5-7H,2-3H2. The third kappa shape index (κ3) is 1.11. The van der Waals surface area contributed by atoms with E-state index in [4.69, 9.17) is 5.26 Å². The molecule has 0 aromatic rings. The third-order valence-electron chi connectivity index (χ3n) is 0.907. The van der Waals surface area contributed by atoms with Gasteiger partial charge < -0.3 is 10.2 Å². The lowest BCUT2D eigenvalue weighted by atomic mass is 10.5. The van der Waals surface area contributed by atoms with E-state index in [1.54, 1.807) is 6.20 Å². The zero-order valence-corrected chi connectivity index (χ0v) is 4.35. The van der Waals surface area contributed by atoms with Gasteiger partial charge in [-0.05, 0) is 0 Å². The Labute approximate surface area is 47.1 Å². The predicted molar refractivity (Wildman–Crippen MR) is 27.8 cm³/mol. The van der Waals surface area contributed by atoms with E-state index >= 15 is 0 Å². The summed E-state index contributed by atoms with van der Waals surface area (Å²) in [5.74, 6) is 0.510. The molecular weight excluding hydrogens is 108 g/mol. The number of nitrogens with one attached hydrogen (secondary N) is 2. The summed E-state index contributed by atoms with van der Waals surface area (Å²) in [6.07, 6.45) is 1.62. The van der Waals surface area contributed by atoms with Gasteiger partial charge in [-0.2, -0.15) is 0 Å². The first-order valence-corrected chi connectivity index (χ1v) is 2.38. The van der Waals surface area contributed by atoms with Crippen LogP contribution >= 0.6 is 0 Å². The lowest BCUT2D eigenvalue weighted by Crippen LogP contribution is -2.33. The maximum atomic E-state index is 8.04. The Kier molecular flexibility index (Phi) is 1.71. The van der Waals surface area contributed by atoms with Gasteiger partial charge in [0.15, 0.2) is 5.76 Å². The molecule has 0 aromatic heterocycles. The molecule has 1 rings (SSSR count). The molecule has 0 atom stereocenters. The summed E-state index contributed by atoms with van der Waals surface area (Å²) in [7, 11) is 0. The van der Waals surface area contributed by atoms with Crippen molar-refractivity contribution in [3.63, 3.8) is 0 Å². The number of hydrogen-bond donors (Lipinski definition) is 3. The van der Waals surface area contributed by atoms with Crippen molar-refractivity contribution in [1.29, 1.82) is 0 Å². The molecule has 1 aliphatic heterocycles. The van der Waals surface area contributed by atoms with Crippen LogP contribution in [0.3, 0.4) is 0 Å². The molecule has 1 aliphatic rings. The SMILES string of the molecule is OOC1=CNCNC1. The van der Waals surface area contributed by atoms with E-state index in [1.807, 2.05) is 0 Å². The van der Waals surface area contributed by atoms with Crippen molar-refractivity contribution in [2.45, 2.75) is 0 Å². The van der Waals surface area contributed by atoms with Gasteiger partial charge in [-0.15, -0.1) is 0 Å². The highest BCUT2D eigenvalue weighted by atomic mass is 17.1. The zero-order valence-electron chi connectivity index (χ0n) is 4.35. The van der Waals surface area contributed by atoms with E-state index in [1.165, 1.54) is 0 Å². The van der Waals surface area contributed by atoms with Crippen LogP contribution in [0, 0.1) is 0 Å². The van der Waals surface area contributed by atoms with E-state index in [0.717, 1.165) is 6.67 Å². The maximum absolute atomic E-state index is 8.04. The summed E-state index contributed by atoms with van der Waals surface area (Å²) in [5, 5.41) is 13.8. The Bertz CT molecular complexity index is 102. The molecule has 8 heavy (non-hydrogen) atoms. The van der Waals surface area contributed by atoms with Crippen molar-refractivity contribution in [2.24, 2.45) is 0 Å². The summed E-state index contributed by atoms with van der Waals surface area (Å²) in [5.41, 5.74) is 0. The predicted octanol–water partition coefficient (Wildman–Crippen LogP) is -0.532. The Morgan fingerprint density at radius 3 is 3.00 bits per heavy atom. The quantitative estimate of drug-likeness (QED) is 0.318. The van der Waals surface area contributed by atoms with Gasteiger partial charge in [0.1, 0.15) is 0 Å². The van der Waals surface area contributed by atoms with Crippen molar-refractivity contribution in [1.82, 2.24) is 10.6 Å². The van der Waals surface area contributed by atoms with Crippen LogP contribution in [-0.2, 0) is 4.89 Å². The van der Waals surface area contributed by atoms with E-state index < -0.39 is 0 Å². The van der Waals surface area contributed by atoms with Gasteiger partial charge >= 0.3 is 0 Å². The van der Waals surface area contributed by atoms with Gasteiger partial charge in [0, 0.05) is 6.20 Å². The van der Waals surface area contributed by atoms with E-state index in [9.17, 15) is 0 Å². The van der Waals surface area contributed by atoms with E-state index in [0.29, 0.717) is 12.3 Å². The van der Waals surface area contributed by atoms with Crippen molar-refractivity contribution in [2.75, 3.05) is 13.2 Å². The summed E-state index contributed by atoms with van der Waals surface area (Å²) in [6, 6.07) is 0. The van der Waals surface area contributed by atoms with Gasteiger partial charge in [-0.1, -0.05) is 0 Å². The Hall–Kier alpha value is -0.740. The highest BCUT2D eigenvalue weighted by Crippen LogP contribution is 1.91. The van der Waals surface area contributed by atoms with Crippen LogP contribution in [0.5, 0.6) is 0 Å². The second kappa shape index (κ2) is 2.54. The monoisotopic (exact) mass is 116 g/mol. The van der Waals surface area contributed by atoms with Gasteiger partial charge in [0.05, 0.1) is 13.2 Å². The van der Waals surface area contributed by atoms with Crippen molar-refractivity contribution in [3.05, 3.63) is 12.0 Å². The molecular formula is C4H8N2O2. The second-order valence-electron chi connectivity index (χ2n) is 1.51. The first-order chi connectivity index (χ1) is 3.93. The summed E-state index contributed by atoms with van der Waals surface area (Å²) in [6.45, 7) is 1.32. The molecule has 0 amide bonds. The van der Waals surface area contributed by atoms with E-state index in [2.05, 4.69) is 15.5 Å². The van der Waals surface area contributed by atoms with Gasteiger partial charge in [0.2, 0.25) is 0 Å². The normalized spacial score (nSPS) is 18.9. The van der Waals surface area contributed by atoms with Crippen molar-refractivity contribution < 1.29 is 10.1 Å². The Balaban J connectivity index is 2.37. The average molecular weight is 116 g/mol. The molecule has 4 nitrogen and oxygen atoms in total. The molecule has 0 fully saturated rings. The van der Waals surface area contributed by atoms with Crippen LogP contribution in [0.15, 0.2) is 12.0 Å². The molecule has 0 aromatic carbocycles. The Morgan fingerprint density at radius 1 is 1.75 bits per heavy atom. The van der Waals surface area contributed by atoms with Gasteiger partial charge in [-0.25, -0.2) is 5.26 Å². The molecule has 4 heteroatoms. The smallest absolute Gasteiger partial charge is 0.171 e. The molecule has 3 N–H and O–H groups in total. The maximum Gasteiger partial charge on any atom is 0.171 e. The largest absolute Gasteiger partial charge is 0.376 e. The summed E-state index contributed by atoms with van der Waals surface area (Å²) >= 11 is 0. The summed E-state index contributed by atoms with van der Waals surface area (Å²) in [4.78, 5) is 3.93. The molecule has 0 saturated heterocycles. The minimum absolute atomic E-state index is 0.510.